The minimum absolute atomic E-state index is 0.114. The van der Waals surface area contributed by atoms with Gasteiger partial charge in [0.15, 0.2) is 5.79 Å². The largest absolute Gasteiger partial charge is 0.374 e. The number of ether oxygens (including phenoxy) is 4. The van der Waals surface area contributed by atoms with Crippen molar-refractivity contribution in [1.82, 2.24) is 0 Å². The Labute approximate surface area is 186 Å². The highest BCUT2D eigenvalue weighted by molar-refractivity contribution is 9.09. The maximum atomic E-state index is 6.62. The standard InChI is InChI=1S/C24H41BrO4/c1-7-8-9-18-10-15(2)16(3)22(27-18)12-23-20(13-25)17(4)21(28-23)11-19-14-26-24(5,6)29-19/h15,17-23H,3,7-14H2,1-2,4-6H3/t15-,17-,18+,19+,20-,21-,22?,23+/m1/s1. The van der Waals surface area contributed by atoms with E-state index in [1.165, 1.54) is 18.4 Å². The van der Waals surface area contributed by atoms with Crippen LogP contribution in [0.2, 0.25) is 0 Å². The lowest BCUT2D eigenvalue weighted by Gasteiger charge is -2.38. The molecule has 29 heavy (non-hydrogen) atoms. The van der Waals surface area contributed by atoms with Crippen molar-refractivity contribution in [2.75, 3.05) is 11.9 Å². The van der Waals surface area contributed by atoms with Crippen LogP contribution in [0.5, 0.6) is 0 Å². The fraction of sp³-hybridized carbons (Fsp3) is 0.917. The first kappa shape index (κ1) is 23.7. The Kier molecular flexibility index (Phi) is 8.28. The predicted molar refractivity (Wildman–Crippen MR) is 120 cm³/mol. The van der Waals surface area contributed by atoms with E-state index in [4.69, 9.17) is 18.9 Å². The van der Waals surface area contributed by atoms with Crippen molar-refractivity contribution in [3.63, 3.8) is 0 Å². The number of alkyl halides is 1. The highest BCUT2D eigenvalue weighted by Crippen LogP contribution is 2.42. The van der Waals surface area contributed by atoms with Crippen LogP contribution in [0, 0.1) is 17.8 Å². The normalized spacial score (nSPS) is 42.5. The van der Waals surface area contributed by atoms with E-state index in [-0.39, 0.29) is 24.4 Å². The van der Waals surface area contributed by atoms with Crippen LogP contribution >= 0.6 is 15.9 Å². The zero-order valence-corrected chi connectivity index (χ0v) is 20.6. The fourth-order valence-electron chi connectivity index (χ4n) is 5.22. The van der Waals surface area contributed by atoms with Gasteiger partial charge in [-0.05, 0) is 50.0 Å². The molecule has 0 aromatic carbocycles. The molecule has 0 bridgehead atoms. The molecule has 1 unspecified atom stereocenters. The molecule has 0 aromatic heterocycles. The van der Waals surface area contributed by atoms with Gasteiger partial charge in [0.25, 0.3) is 0 Å². The summed E-state index contributed by atoms with van der Waals surface area (Å²) < 4.78 is 24.9. The Hall–Kier alpha value is 0.0600. The van der Waals surface area contributed by atoms with Gasteiger partial charge in [-0.3, -0.25) is 0 Å². The van der Waals surface area contributed by atoms with E-state index in [0.717, 1.165) is 31.0 Å². The average molecular weight is 473 g/mol. The summed E-state index contributed by atoms with van der Waals surface area (Å²) in [6, 6.07) is 0. The SMILES string of the molecule is C=C1C(C[C@@H]2O[C@H](C[C@H]3COC(C)(C)O3)[C@H](C)[C@H]2CBr)O[C@@H](CCCC)C[C@H]1C. The Morgan fingerprint density at radius 3 is 2.48 bits per heavy atom. The van der Waals surface area contributed by atoms with Gasteiger partial charge in [0.05, 0.1) is 37.1 Å². The number of unbranched alkanes of at least 4 members (excludes halogenated alkanes) is 1. The minimum Gasteiger partial charge on any atom is -0.374 e. The van der Waals surface area contributed by atoms with Crippen LogP contribution in [-0.4, -0.2) is 48.2 Å². The molecule has 4 nitrogen and oxygen atoms in total. The topological polar surface area (TPSA) is 36.9 Å². The zero-order valence-electron chi connectivity index (χ0n) is 19.0. The van der Waals surface area contributed by atoms with Crippen molar-refractivity contribution in [2.45, 2.75) is 109 Å². The highest BCUT2D eigenvalue weighted by Gasteiger charge is 2.45. The maximum absolute atomic E-state index is 6.62. The van der Waals surface area contributed by atoms with Crippen molar-refractivity contribution in [2.24, 2.45) is 17.8 Å². The molecular formula is C24H41BrO4. The summed E-state index contributed by atoms with van der Waals surface area (Å²) in [7, 11) is 0. The molecule has 0 aromatic rings. The van der Waals surface area contributed by atoms with Gasteiger partial charge in [-0.25, -0.2) is 0 Å². The third kappa shape index (κ3) is 5.85. The van der Waals surface area contributed by atoms with Gasteiger partial charge in [0.1, 0.15) is 0 Å². The summed E-state index contributed by atoms with van der Waals surface area (Å²) >= 11 is 3.75. The summed E-state index contributed by atoms with van der Waals surface area (Å²) in [5, 5.41) is 0.955. The maximum Gasteiger partial charge on any atom is 0.163 e. The second-order valence-corrected chi connectivity index (χ2v) is 10.6. The van der Waals surface area contributed by atoms with Crippen molar-refractivity contribution in [1.29, 1.82) is 0 Å². The summed E-state index contributed by atoms with van der Waals surface area (Å²) in [6.45, 7) is 15.9. The van der Waals surface area contributed by atoms with Gasteiger partial charge in [-0.1, -0.05) is 56.1 Å². The minimum atomic E-state index is -0.474. The third-order valence-corrected chi connectivity index (χ3v) is 7.92. The van der Waals surface area contributed by atoms with E-state index in [9.17, 15) is 0 Å². The van der Waals surface area contributed by atoms with Gasteiger partial charge in [0, 0.05) is 18.2 Å². The van der Waals surface area contributed by atoms with Crippen LogP contribution in [0.15, 0.2) is 12.2 Å². The molecule has 0 aliphatic carbocycles. The molecule has 0 saturated carbocycles. The van der Waals surface area contributed by atoms with Gasteiger partial charge in [-0.2, -0.15) is 0 Å². The third-order valence-electron chi connectivity index (χ3n) is 7.18. The molecule has 3 aliphatic heterocycles. The Balaban J connectivity index is 1.60. The Morgan fingerprint density at radius 1 is 1.10 bits per heavy atom. The van der Waals surface area contributed by atoms with Crippen molar-refractivity contribution >= 4 is 15.9 Å². The monoisotopic (exact) mass is 472 g/mol. The molecule has 168 valence electrons. The summed E-state index contributed by atoms with van der Waals surface area (Å²) in [6.07, 6.45) is 7.53. The Bertz CT molecular complexity index is 551. The quantitative estimate of drug-likeness (QED) is 0.326. The summed E-state index contributed by atoms with van der Waals surface area (Å²) in [5.41, 5.74) is 1.25. The van der Waals surface area contributed by atoms with Crippen LogP contribution in [-0.2, 0) is 18.9 Å². The summed E-state index contributed by atoms with van der Waals surface area (Å²) in [5.74, 6) is 1.02. The molecule has 3 rings (SSSR count). The molecule has 5 heteroatoms. The van der Waals surface area contributed by atoms with E-state index in [0.29, 0.717) is 30.5 Å². The van der Waals surface area contributed by atoms with E-state index in [1.54, 1.807) is 0 Å². The van der Waals surface area contributed by atoms with Crippen LogP contribution in [0.4, 0.5) is 0 Å². The van der Waals surface area contributed by atoms with Gasteiger partial charge >= 0.3 is 0 Å². The first-order chi connectivity index (χ1) is 13.7. The second-order valence-electron chi connectivity index (χ2n) is 9.91. The van der Waals surface area contributed by atoms with E-state index < -0.39 is 5.79 Å². The molecule has 3 saturated heterocycles. The molecule has 3 aliphatic rings. The van der Waals surface area contributed by atoms with Gasteiger partial charge < -0.3 is 18.9 Å². The lowest BCUT2D eigenvalue weighted by atomic mass is 9.82. The van der Waals surface area contributed by atoms with Crippen LogP contribution < -0.4 is 0 Å². The fourth-order valence-corrected chi connectivity index (χ4v) is 6.22. The highest BCUT2D eigenvalue weighted by atomic mass is 79.9. The number of hydrogen-bond donors (Lipinski definition) is 0. The molecule has 8 atom stereocenters. The van der Waals surface area contributed by atoms with Crippen LogP contribution in [0.3, 0.4) is 0 Å². The van der Waals surface area contributed by atoms with Crippen LogP contribution in [0.1, 0.15) is 73.1 Å². The van der Waals surface area contributed by atoms with Gasteiger partial charge in [0.2, 0.25) is 0 Å². The lowest BCUT2D eigenvalue weighted by molar-refractivity contribution is -0.143. The second kappa shape index (κ2) is 10.1. The molecule has 3 heterocycles. The molecule has 0 spiro atoms. The van der Waals surface area contributed by atoms with Gasteiger partial charge in [-0.15, -0.1) is 0 Å². The summed E-state index contributed by atoms with van der Waals surface area (Å²) in [4.78, 5) is 0. The molecule has 0 amide bonds. The Morgan fingerprint density at radius 2 is 1.86 bits per heavy atom. The van der Waals surface area contributed by atoms with E-state index in [1.807, 2.05) is 13.8 Å². The van der Waals surface area contributed by atoms with Crippen LogP contribution in [0.25, 0.3) is 0 Å². The zero-order chi connectivity index (χ0) is 21.2. The first-order valence-corrected chi connectivity index (χ1v) is 12.7. The van der Waals surface area contributed by atoms with Crippen molar-refractivity contribution < 1.29 is 18.9 Å². The van der Waals surface area contributed by atoms with E-state index >= 15 is 0 Å². The molecule has 3 fully saturated rings. The van der Waals surface area contributed by atoms with Crippen molar-refractivity contribution in [3.8, 4) is 0 Å². The first-order valence-electron chi connectivity index (χ1n) is 11.6. The van der Waals surface area contributed by atoms with E-state index in [2.05, 4.69) is 43.3 Å². The molecule has 0 N–H and O–H groups in total. The molecule has 0 radical (unpaired) electrons. The molecular weight excluding hydrogens is 432 g/mol. The number of hydrogen-bond acceptors (Lipinski definition) is 4. The number of rotatable bonds is 8. The average Bonchev–Trinajstić information content (AvgIpc) is 3.15. The smallest absolute Gasteiger partial charge is 0.163 e. The number of halogens is 1. The lowest BCUT2D eigenvalue weighted by Crippen LogP contribution is -2.37. The predicted octanol–water partition coefficient (Wildman–Crippen LogP) is 5.87. The van der Waals surface area contributed by atoms with Crippen molar-refractivity contribution in [3.05, 3.63) is 12.2 Å².